The number of esters is 2. The van der Waals surface area contributed by atoms with E-state index in [-0.39, 0.29) is 25.2 Å². The zero-order valence-electron chi connectivity index (χ0n) is 38.0. The number of allylic oxidation sites excluding steroid dienone is 12. The van der Waals surface area contributed by atoms with Crippen molar-refractivity contribution in [1.82, 2.24) is 0 Å². The van der Waals surface area contributed by atoms with Crippen molar-refractivity contribution in [2.75, 3.05) is 13.2 Å². The van der Waals surface area contributed by atoms with Gasteiger partial charge in [-0.1, -0.05) is 215 Å². The summed E-state index contributed by atoms with van der Waals surface area (Å²) in [6, 6.07) is 0. The average Bonchev–Trinajstić information content (AvgIpc) is 3.23. The average molecular weight is 809 g/mol. The molecule has 0 fully saturated rings. The molecule has 0 aliphatic carbocycles. The van der Waals surface area contributed by atoms with Gasteiger partial charge in [-0.05, 0) is 77.0 Å². The summed E-state index contributed by atoms with van der Waals surface area (Å²) in [6.07, 6.45) is 65.7. The first-order chi connectivity index (χ1) is 28.6. The lowest BCUT2D eigenvalue weighted by atomic mass is 10.0. The first kappa shape index (κ1) is 55.3. The summed E-state index contributed by atoms with van der Waals surface area (Å²) >= 11 is 0. The standard InChI is InChI=1S/C53H92O5/c1-3-5-7-9-11-13-15-17-18-19-20-21-22-23-24-25-26-27-28-29-30-31-32-33-34-36-38-40-42-44-46-48-53(56)58-51(49-54)50-57-52(55)47-45-43-41-39-37-35-16-14-12-10-8-6-4-2/h5,7-8,10-11,13-14,16-18,20-21,51,54H,3-4,6,9,12,15,19,22-50H2,1-2H3/b7-5-,10-8-,13-11-,16-14-,18-17-,21-20-. The maximum absolute atomic E-state index is 12.2. The third kappa shape index (κ3) is 46.0. The Morgan fingerprint density at radius 1 is 0.414 bits per heavy atom. The first-order valence-electron chi connectivity index (χ1n) is 24.5. The van der Waals surface area contributed by atoms with Gasteiger partial charge in [0.05, 0.1) is 6.61 Å². The van der Waals surface area contributed by atoms with Crippen LogP contribution in [0.2, 0.25) is 0 Å². The molecule has 1 atom stereocenters. The molecular weight excluding hydrogens is 717 g/mol. The lowest BCUT2D eigenvalue weighted by Crippen LogP contribution is -2.28. The second-order valence-electron chi connectivity index (χ2n) is 16.2. The second kappa shape index (κ2) is 48.7. The van der Waals surface area contributed by atoms with Crippen LogP contribution in [0.1, 0.15) is 232 Å². The number of hydrogen-bond acceptors (Lipinski definition) is 5. The van der Waals surface area contributed by atoms with Gasteiger partial charge < -0.3 is 14.6 Å². The number of ether oxygens (including phenoxy) is 2. The Morgan fingerprint density at radius 2 is 0.741 bits per heavy atom. The summed E-state index contributed by atoms with van der Waals surface area (Å²) in [5.41, 5.74) is 0. The van der Waals surface area contributed by atoms with Crippen LogP contribution in [0, 0.1) is 0 Å². The fraction of sp³-hybridized carbons (Fsp3) is 0.736. The Hall–Kier alpha value is -2.66. The van der Waals surface area contributed by atoms with Crippen molar-refractivity contribution in [3.63, 3.8) is 0 Å². The normalized spacial score (nSPS) is 12.8. The molecule has 0 aromatic heterocycles. The van der Waals surface area contributed by atoms with Gasteiger partial charge in [-0.15, -0.1) is 0 Å². The minimum atomic E-state index is -0.778. The maximum atomic E-state index is 12.2. The van der Waals surface area contributed by atoms with Crippen LogP contribution < -0.4 is 0 Å². The van der Waals surface area contributed by atoms with E-state index < -0.39 is 6.10 Å². The van der Waals surface area contributed by atoms with E-state index in [0.29, 0.717) is 12.8 Å². The van der Waals surface area contributed by atoms with E-state index in [9.17, 15) is 14.7 Å². The third-order valence-electron chi connectivity index (χ3n) is 10.5. The Labute approximate surface area is 359 Å². The molecule has 0 aromatic rings. The minimum Gasteiger partial charge on any atom is -0.462 e. The van der Waals surface area contributed by atoms with E-state index >= 15 is 0 Å². The van der Waals surface area contributed by atoms with Crippen LogP contribution in [0.4, 0.5) is 0 Å². The molecule has 58 heavy (non-hydrogen) atoms. The topological polar surface area (TPSA) is 72.8 Å². The summed E-state index contributed by atoms with van der Waals surface area (Å²) in [5.74, 6) is -0.604. The molecule has 334 valence electrons. The number of carbonyl (C=O) groups excluding carboxylic acids is 2. The number of unbranched alkanes of at least 4 members (excludes halogenated alkanes) is 24. The molecule has 1 unspecified atom stereocenters. The van der Waals surface area contributed by atoms with Crippen molar-refractivity contribution in [2.45, 2.75) is 238 Å². The van der Waals surface area contributed by atoms with Crippen molar-refractivity contribution in [2.24, 2.45) is 0 Å². The summed E-state index contributed by atoms with van der Waals surface area (Å²) in [6.45, 7) is 3.96. The highest BCUT2D eigenvalue weighted by Gasteiger charge is 2.16. The molecule has 0 aliphatic heterocycles. The first-order valence-corrected chi connectivity index (χ1v) is 24.5. The highest BCUT2D eigenvalue weighted by molar-refractivity contribution is 5.70. The predicted molar refractivity (Wildman–Crippen MR) is 251 cm³/mol. The van der Waals surface area contributed by atoms with Crippen LogP contribution in [0.3, 0.4) is 0 Å². The minimum absolute atomic E-state index is 0.0734. The number of aliphatic hydroxyl groups is 1. The van der Waals surface area contributed by atoms with Crippen molar-refractivity contribution in [3.05, 3.63) is 72.9 Å². The molecular formula is C53H92O5. The maximum Gasteiger partial charge on any atom is 0.306 e. The van der Waals surface area contributed by atoms with Gasteiger partial charge in [-0.25, -0.2) is 0 Å². The smallest absolute Gasteiger partial charge is 0.306 e. The van der Waals surface area contributed by atoms with Crippen LogP contribution in [0.15, 0.2) is 72.9 Å². The van der Waals surface area contributed by atoms with E-state index in [1.807, 2.05) is 0 Å². The Kier molecular flexibility index (Phi) is 46.5. The van der Waals surface area contributed by atoms with E-state index in [4.69, 9.17) is 9.47 Å². The molecule has 0 heterocycles. The molecule has 1 N–H and O–H groups in total. The molecule has 5 nitrogen and oxygen atoms in total. The highest BCUT2D eigenvalue weighted by Crippen LogP contribution is 2.16. The van der Waals surface area contributed by atoms with Gasteiger partial charge in [0.25, 0.3) is 0 Å². The molecule has 0 saturated carbocycles. The largest absolute Gasteiger partial charge is 0.462 e. The van der Waals surface area contributed by atoms with E-state index in [1.165, 1.54) is 122 Å². The zero-order chi connectivity index (χ0) is 42.1. The number of hydrogen-bond donors (Lipinski definition) is 1. The predicted octanol–water partition coefficient (Wildman–Crippen LogP) is 16.1. The summed E-state index contributed by atoms with van der Waals surface area (Å²) in [5, 5.41) is 9.59. The number of carbonyl (C=O) groups is 2. The van der Waals surface area contributed by atoms with Crippen LogP contribution in [0.5, 0.6) is 0 Å². The molecule has 0 saturated heterocycles. The van der Waals surface area contributed by atoms with Gasteiger partial charge in [0, 0.05) is 12.8 Å². The SMILES string of the molecule is CC/C=C\C/C=C\C/C=C\C/C=C\CCCCCCCCCCCCCCCCCCCCC(=O)OC(CO)COC(=O)CCCCCCC/C=C\C/C=C\CCC. The summed E-state index contributed by atoms with van der Waals surface area (Å²) in [7, 11) is 0. The summed E-state index contributed by atoms with van der Waals surface area (Å²) in [4.78, 5) is 24.3. The van der Waals surface area contributed by atoms with Gasteiger partial charge in [0.1, 0.15) is 6.61 Å². The molecule has 0 amide bonds. The van der Waals surface area contributed by atoms with E-state index in [1.54, 1.807) is 0 Å². The second-order valence-corrected chi connectivity index (χ2v) is 16.2. The fourth-order valence-electron chi connectivity index (χ4n) is 6.82. The molecule has 0 spiro atoms. The molecule has 0 aliphatic rings. The van der Waals surface area contributed by atoms with Crippen LogP contribution >= 0.6 is 0 Å². The Morgan fingerprint density at radius 3 is 1.12 bits per heavy atom. The Balaban J connectivity index is 3.46. The van der Waals surface area contributed by atoms with Gasteiger partial charge in [-0.2, -0.15) is 0 Å². The van der Waals surface area contributed by atoms with Crippen LogP contribution in [-0.4, -0.2) is 36.4 Å². The molecule has 0 radical (unpaired) electrons. The summed E-state index contributed by atoms with van der Waals surface area (Å²) < 4.78 is 10.6. The molecule has 5 heteroatoms. The third-order valence-corrected chi connectivity index (χ3v) is 10.5. The molecule has 0 rings (SSSR count). The monoisotopic (exact) mass is 809 g/mol. The zero-order valence-corrected chi connectivity index (χ0v) is 38.0. The molecule has 0 aromatic carbocycles. The number of aliphatic hydroxyl groups excluding tert-OH is 1. The fourth-order valence-corrected chi connectivity index (χ4v) is 6.82. The Bertz CT molecular complexity index is 1050. The van der Waals surface area contributed by atoms with E-state index in [2.05, 4.69) is 86.8 Å². The number of rotatable bonds is 44. The van der Waals surface area contributed by atoms with E-state index in [0.717, 1.165) is 83.5 Å². The van der Waals surface area contributed by atoms with Crippen molar-refractivity contribution >= 4 is 11.9 Å². The van der Waals surface area contributed by atoms with Crippen molar-refractivity contribution in [3.8, 4) is 0 Å². The van der Waals surface area contributed by atoms with Gasteiger partial charge in [0.15, 0.2) is 6.10 Å². The lowest BCUT2D eigenvalue weighted by Gasteiger charge is -2.15. The quantitative estimate of drug-likeness (QED) is 0.0377. The van der Waals surface area contributed by atoms with Gasteiger partial charge in [0.2, 0.25) is 0 Å². The van der Waals surface area contributed by atoms with Crippen LogP contribution in [-0.2, 0) is 19.1 Å². The van der Waals surface area contributed by atoms with Gasteiger partial charge in [-0.3, -0.25) is 9.59 Å². The van der Waals surface area contributed by atoms with Crippen molar-refractivity contribution < 1.29 is 24.2 Å². The molecule has 0 bridgehead atoms. The van der Waals surface area contributed by atoms with Gasteiger partial charge >= 0.3 is 11.9 Å². The van der Waals surface area contributed by atoms with Crippen molar-refractivity contribution in [1.29, 1.82) is 0 Å². The highest BCUT2D eigenvalue weighted by atomic mass is 16.6. The lowest BCUT2D eigenvalue weighted by molar-refractivity contribution is -0.161. The van der Waals surface area contributed by atoms with Crippen LogP contribution in [0.25, 0.3) is 0 Å².